The van der Waals surface area contributed by atoms with Crippen molar-refractivity contribution < 1.29 is 33.5 Å². The fourth-order valence-corrected chi connectivity index (χ4v) is 5.57. The summed E-state index contributed by atoms with van der Waals surface area (Å²) >= 11 is 1.46. The van der Waals surface area contributed by atoms with Crippen LogP contribution in [0.4, 0.5) is 0 Å². The minimum absolute atomic E-state index is 0.101. The smallest absolute Gasteiger partial charge is 0.358 e. The Morgan fingerprint density at radius 2 is 1.89 bits per heavy atom. The highest BCUT2D eigenvalue weighted by atomic mass is 32.2. The van der Waals surface area contributed by atoms with E-state index in [1.807, 2.05) is 30.3 Å². The van der Waals surface area contributed by atoms with E-state index in [1.54, 1.807) is 32.9 Å². The number of benzene rings is 1. The molecule has 36 heavy (non-hydrogen) atoms. The topological polar surface area (TPSA) is 114 Å². The van der Waals surface area contributed by atoms with Crippen LogP contribution >= 0.6 is 11.8 Å². The summed E-state index contributed by atoms with van der Waals surface area (Å²) in [7, 11) is 1.80. The number of β-lactam (4-membered cyclic amide) rings is 1. The lowest BCUT2D eigenvalue weighted by Crippen LogP contribution is -2.71. The molecule has 10 nitrogen and oxygen atoms in total. The van der Waals surface area contributed by atoms with E-state index in [-0.39, 0.29) is 24.1 Å². The molecular weight excluding hydrogens is 486 g/mol. The van der Waals surface area contributed by atoms with Crippen LogP contribution in [0.1, 0.15) is 32.8 Å². The molecule has 0 unspecified atom stereocenters. The summed E-state index contributed by atoms with van der Waals surface area (Å²) in [6.07, 6.45) is 0.438. The summed E-state index contributed by atoms with van der Waals surface area (Å²) in [6.45, 7) is 5.20. The Morgan fingerprint density at radius 1 is 1.17 bits per heavy atom. The number of amides is 2. The van der Waals surface area contributed by atoms with Gasteiger partial charge in [-0.25, -0.2) is 4.79 Å². The van der Waals surface area contributed by atoms with E-state index in [0.29, 0.717) is 24.3 Å². The van der Waals surface area contributed by atoms with Crippen LogP contribution in [0.2, 0.25) is 0 Å². The average molecular weight is 518 g/mol. The van der Waals surface area contributed by atoms with Crippen molar-refractivity contribution in [2.45, 2.75) is 51.1 Å². The van der Waals surface area contributed by atoms with E-state index >= 15 is 0 Å². The number of ether oxygens (including phenoxy) is 2. The number of rotatable bonds is 7. The summed E-state index contributed by atoms with van der Waals surface area (Å²) < 4.78 is 10.3. The van der Waals surface area contributed by atoms with Gasteiger partial charge in [-0.15, -0.1) is 11.8 Å². The van der Waals surface area contributed by atoms with Gasteiger partial charge in [0.25, 0.3) is 5.91 Å². The first-order valence-electron chi connectivity index (χ1n) is 11.8. The summed E-state index contributed by atoms with van der Waals surface area (Å²) in [4.78, 5) is 58.1. The predicted molar refractivity (Wildman–Crippen MR) is 131 cm³/mol. The lowest BCUT2D eigenvalue weighted by molar-refractivity contribution is -0.173. The van der Waals surface area contributed by atoms with Crippen molar-refractivity contribution in [3.63, 3.8) is 0 Å². The number of carbonyl (C=O) groups is 4. The van der Waals surface area contributed by atoms with Gasteiger partial charge in [-0.1, -0.05) is 30.3 Å². The van der Waals surface area contributed by atoms with Crippen LogP contribution in [-0.4, -0.2) is 77.4 Å². The van der Waals surface area contributed by atoms with Gasteiger partial charge in [-0.3, -0.25) is 24.1 Å². The molecule has 2 fully saturated rings. The molecule has 0 spiro atoms. The summed E-state index contributed by atoms with van der Waals surface area (Å²) in [6, 6.07) is 8.51. The molecule has 11 heteroatoms. The van der Waals surface area contributed by atoms with Crippen LogP contribution in [-0.2, 0) is 39.9 Å². The largest absolute Gasteiger partial charge is 0.427 e. The average Bonchev–Trinajstić information content (AvgIpc) is 3.27. The van der Waals surface area contributed by atoms with Crippen molar-refractivity contribution in [2.24, 2.45) is 5.41 Å². The number of hydroxylamine groups is 2. The molecule has 0 saturated carbocycles. The highest BCUT2D eigenvalue weighted by Crippen LogP contribution is 2.43. The maximum Gasteiger partial charge on any atom is 0.358 e. The van der Waals surface area contributed by atoms with Crippen LogP contribution in [0.3, 0.4) is 0 Å². The number of esters is 2. The molecular formula is C25H31N3O7S. The van der Waals surface area contributed by atoms with Crippen molar-refractivity contribution in [1.29, 1.82) is 0 Å². The zero-order valence-electron chi connectivity index (χ0n) is 20.8. The van der Waals surface area contributed by atoms with Gasteiger partial charge in [0.05, 0.1) is 11.8 Å². The Morgan fingerprint density at radius 3 is 2.53 bits per heavy atom. The number of nitrogens with one attached hydrogen (secondary N) is 1. The lowest BCUT2D eigenvalue weighted by Gasteiger charge is -2.50. The molecule has 2 amide bonds. The Hall–Kier alpha value is -2.89. The highest BCUT2D eigenvalue weighted by Gasteiger charge is 2.55. The third-order valence-corrected chi connectivity index (χ3v) is 7.41. The standard InChI is InChI=1S/C25H31N3O7S/c1-25(2,3)24(32)34-14-33-23(31)20-16(17-10-11-27(4)35-17)13-36-22-19(21(30)28(20)22)26-18(29)12-15-8-6-5-7-9-15/h5-9,17,19,22H,10-14H2,1-4H3,(H,26,29)/t17-,19-,22-/m1/s1. The van der Waals surface area contributed by atoms with E-state index in [2.05, 4.69) is 5.32 Å². The van der Waals surface area contributed by atoms with Gasteiger partial charge in [-0.05, 0) is 32.8 Å². The number of carbonyl (C=O) groups excluding carboxylic acids is 4. The molecule has 3 aliphatic rings. The number of hydrogen-bond acceptors (Lipinski definition) is 9. The first kappa shape index (κ1) is 26.2. The minimum Gasteiger partial charge on any atom is -0.427 e. The van der Waals surface area contributed by atoms with Crippen molar-refractivity contribution in [3.8, 4) is 0 Å². The maximum atomic E-state index is 13.2. The van der Waals surface area contributed by atoms with Gasteiger partial charge >= 0.3 is 11.9 Å². The van der Waals surface area contributed by atoms with Crippen LogP contribution in [0, 0.1) is 5.41 Å². The first-order valence-corrected chi connectivity index (χ1v) is 12.8. The Labute approximate surface area is 214 Å². The molecule has 3 aliphatic heterocycles. The second-order valence-electron chi connectivity index (χ2n) is 9.96. The van der Waals surface area contributed by atoms with Crippen molar-refractivity contribution in [3.05, 3.63) is 47.2 Å². The Bertz CT molecular complexity index is 1070. The predicted octanol–water partition coefficient (Wildman–Crippen LogP) is 1.61. The van der Waals surface area contributed by atoms with Crippen molar-refractivity contribution >= 4 is 35.5 Å². The number of thioether (sulfide) groups is 1. The lowest BCUT2D eigenvalue weighted by atomic mass is 9.98. The van der Waals surface area contributed by atoms with Gasteiger partial charge in [0, 0.05) is 24.9 Å². The third-order valence-electron chi connectivity index (χ3n) is 6.11. The van der Waals surface area contributed by atoms with E-state index < -0.39 is 41.5 Å². The summed E-state index contributed by atoms with van der Waals surface area (Å²) in [5.74, 6) is -1.50. The van der Waals surface area contributed by atoms with E-state index in [4.69, 9.17) is 14.3 Å². The Kier molecular flexibility index (Phi) is 7.72. The molecule has 1 aromatic carbocycles. The number of fused-ring (bicyclic) bond motifs is 1. The molecule has 4 rings (SSSR count). The summed E-state index contributed by atoms with van der Waals surface area (Å²) in [5.41, 5.74) is 0.845. The third kappa shape index (κ3) is 5.58. The van der Waals surface area contributed by atoms with Gasteiger partial charge in [0.1, 0.15) is 23.2 Å². The molecule has 1 N–H and O–H groups in total. The quantitative estimate of drug-likeness (QED) is 0.327. The van der Waals surface area contributed by atoms with Crippen LogP contribution in [0.15, 0.2) is 41.6 Å². The van der Waals surface area contributed by atoms with Gasteiger partial charge in [0.2, 0.25) is 12.7 Å². The minimum atomic E-state index is -0.766. The highest BCUT2D eigenvalue weighted by molar-refractivity contribution is 8.00. The van der Waals surface area contributed by atoms with E-state index in [9.17, 15) is 19.2 Å². The first-order chi connectivity index (χ1) is 17.1. The molecule has 1 aromatic rings. The van der Waals surface area contributed by atoms with Crippen molar-refractivity contribution in [2.75, 3.05) is 26.1 Å². The zero-order chi connectivity index (χ0) is 26.0. The SMILES string of the molecule is CN1CC[C@H](C2=C(C(=O)OCOC(=O)C(C)(C)C)N3C(=O)[C@@H](NC(=O)Cc4ccccc4)[C@H]3SC2)O1. The fourth-order valence-electron chi connectivity index (χ4n) is 4.17. The van der Waals surface area contributed by atoms with Crippen LogP contribution < -0.4 is 5.32 Å². The normalized spacial score (nSPS) is 24.2. The molecule has 0 aliphatic carbocycles. The second-order valence-corrected chi connectivity index (χ2v) is 11.1. The zero-order valence-corrected chi connectivity index (χ0v) is 21.6. The van der Waals surface area contributed by atoms with Crippen molar-refractivity contribution in [1.82, 2.24) is 15.3 Å². The molecule has 0 radical (unpaired) electrons. The number of hydrogen-bond donors (Lipinski definition) is 1. The maximum absolute atomic E-state index is 13.2. The van der Waals surface area contributed by atoms with E-state index in [0.717, 1.165) is 5.56 Å². The molecule has 0 aromatic heterocycles. The van der Waals surface area contributed by atoms with Crippen LogP contribution in [0.5, 0.6) is 0 Å². The molecule has 194 valence electrons. The molecule has 3 heterocycles. The molecule has 3 atom stereocenters. The van der Waals surface area contributed by atoms with Gasteiger partial charge in [-0.2, -0.15) is 5.06 Å². The number of nitrogens with zero attached hydrogens (tertiary/aromatic N) is 2. The fraction of sp³-hybridized carbons (Fsp3) is 0.520. The monoisotopic (exact) mass is 517 g/mol. The van der Waals surface area contributed by atoms with Crippen LogP contribution in [0.25, 0.3) is 0 Å². The molecule has 2 saturated heterocycles. The summed E-state index contributed by atoms with van der Waals surface area (Å²) in [5, 5.41) is 4.05. The second kappa shape index (κ2) is 10.6. The Balaban J connectivity index is 1.47. The van der Waals surface area contributed by atoms with E-state index in [1.165, 1.54) is 16.7 Å². The molecule has 0 bridgehead atoms. The van der Waals surface area contributed by atoms with Gasteiger partial charge in [0.15, 0.2) is 0 Å². The van der Waals surface area contributed by atoms with Gasteiger partial charge < -0.3 is 14.8 Å².